The molecule has 0 bridgehead atoms. The van der Waals surface area contributed by atoms with Gasteiger partial charge in [0.2, 0.25) is 0 Å². The first-order valence-corrected chi connectivity index (χ1v) is 11.4. The maximum atomic E-state index is 14.1. The van der Waals surface area contributed by atoms with Crippen LogP contribution in [0.5, 0.6) is 0 Å². The summed E-state index contributed by atoms with van der Waals surface area (Å²) in [5.74, 6) is 3.91. The Morgan fingerprint density at radius 3 is 2.64 bits per heavy atom. The highest BCUT2D eigenvalue weighted by molar-refractivity contribution is 5.88. The highest BCUT2D eigenvalue weighted by atomic mass is 19.1. The molecule has 0 amide bonds. The lowest BCUT2D eigenvalue weighted by atomic mass is 9.61. The molecule has 5 rings (SSSR count). The van der Waals surface area contributed by atoms with Gasteiger partial charge in [0.1, 0.15) is 23.9 Å². The van der Waals surface area contributed by atoms with Crippen LogP contribution in [0.4, 0.5) is 10.2 Å². The number of terminal acetylenes is 1. The van der Waals surface area contributed by atoms with E-state index in [1.54, 1.807) is 19.1 Å². The van der Waals surface area contributed by atoms with Crippen LogP contribution in [0.1, 0.15) is 60.5 Å². The minimum absolute atomic E-state index is 0.0485. The molecule has 1 saturated heterocycles. The summed E-state index contributed by atoms with van der Waals surface area (Å²) in [6.45, 7) is 7.25. The maximum absolute atomic E-state index is 14.1. The lowest BCUT2D eigenvalue weighted by Crippen LogP contribution is -2.61. The third kappa shape index (κ3) is 3.68. The zero-order valence-corrected chi connectivity index (χ0v) is 19.2. The topological polar surface area (TPSA) is 71.8 Å². The predicted octanol–water partition coefficient (Wildman–Crippen LogP) is 4.15. The van der Waals surface area contributed by atoms with Crippen LogP contribution in [0.15, 0.2) is 35.3 Å². The largest absolute Gasteiger partial charge is 0.352 e. The molecule has 1 aromatic carbocycles. The van der Waals surface area contributed by atoms with Crippen LogP contribution in [0, 0.1) is 31.6 Å². The summed E-state index contributed by atoms with van der Waals surface area (Å²) in [6.07, 6.45) is 8.68. The third-order valence-corrected chi connectivity index (χ3v) is 7.21. The second-order valence-corrected chi connectivity index (χ2v) is 9.52. The van der Waals surface area contributed by atoms with Crippen molar-refractivity contribution in [2.75, 3.05) is 18.4 Å². The summed E-state index contributed by atoms with van der Waals surface area (Å²) < 4.78 is 15.9. The molecular formula is C26H28FN5O. The van der Waals surface area contributed by atoms with Crippen molar-refractivity contribution in [2.45, 2.75) is 51.9 Å². The van der Waals surface area contributed by atoms with E-state index in [2.05, 4.69) is 26.5 Å². The number of nitrogens with zero attached hydrogens (tertiary/aromatic N) is 3. The third-order valence-electron chi connectivity index (χ3n) is 7.21. The Morgan fingerprint density at radius 2 is 2.00 bits per heavy atom. The summed E-state index contributed by atoms with van der Waals surface area (Å²) in [6, 6.07) is 6.78. The molecule has 2 N–H and O–H groups in total. The number of rotatable bonds is 5. The Bertz CT molecular complexity index is 1330. The fourth-order valence-corrected chi connectivity index (χ4v) is 5.30. The molecule has 2 aliphatic rings. The first kappa shape index (κ1) is 21.6. The van der Waals surface area contributed by atoms with Gasteiger partial charge in [-0.3, -0.25) is 4.79 Å². The summed E-state index contributed by atoms with van der Waals surface area (Å²) in [5, 5.41) is 7.45. The van der Waals surface area contributed by atoms with Crippen LogP contribution in [0.3, 0.4) is 0 Å². The Labute approximate surface area is 192 Å². The molecule has 1 aliphatic heterocycles. The zero-order valence-electron chi connectivity index (χ0n) is 19.2. The molecule has 170 valence electrons. The van der Waals surface area contributed by atoms with Gasteiger partial charge in [-0.1, -0.05) is 24.1 Å². The van der Waals surface area contributed by atoms with Crippen LogP contribution in [0.25, 0.3) is 10.9 Å². The Hall–Kier alpha value is -3.24. The lowest BCUT2D eigenvalue weighted by molar-refractivity contribution is 0.00626. The van der Waals surface area contributed by atoms with Gasteiger partial charge >= 0.3 is 0 Å². The molecule has 2 atom stereocenters. The number of nitrogens with one attached hydrogen (secondary N) is 2. The molecule has 2 aromatic heterocycles. The number of benzene rings is 1. The molecular weight excluding hydrogens is 417 g/mol. The number of hydrogen-bond donors (Lipinski definition) is 2. The number of aryl methyl sites for hydroxylation is 1. The second kappa shape index (κ2) is 7.96. The molecule has 33 heavy (non-hydrogen) atoms. The van der Waals surface area contributed by atoms with E-state index >= 15 is 0 Å². The number of fused-ring (bicyclic) bond motifs is 1. The number of alkyl halides is 1. The zero-order chi connectivity index (χ0) is 23.3. The molecule has 3 heterocycles. The molecule has 2 unspecified atom stereocenters. The van der Waals surface area contributed by atoms with Crippen LogP contribution >= 0.6 is 0 Å². The van der Waals surface area contributed by atoms with Gasteiger partial charge in [0, 0.05) is 31.4 Å². The molecule has 1 aliphatic carbocycles. The fourth-order valence-electron chi connectivity index (χ4n) is 5.30. The molecule has 0 radical (unpaired) electrons. The molecule has 3 aromatic rings. The predicted molar refractivity (Wildman–Crippen MR) is 128 cm³/mol. The number of hydrogen-bond acceptors (Lipinski definition) is 5. The van der Waals surface area contributed by atoms with Crippen molar-refractivity contribution in [2.24, 2.45) is 5.41 Å². The van der Waals surface area contributed by atoms with E-state index in [0.717, 1.165) is 42.4 Å². The first-order chi connectivity index (χ1) is 15.8. The molecule has 1 saturated carbocycles. The van der Waals surface area contributed by atoms with Gasteiger partial charge in [-0.2, -0.15) is 0 Å². The Morgan fingerprint density at radius 1 is 1.27 bits per heavy atom. The minimum Gasteiger partial charge on any atom is -0.352 e. The highest BCUT2D eigenvalue weighted by Crippen LogP contribution is 2.50. The monoisotopic (exact) mass is 445 g/mol. The highest BCUT2D eigenvalue weighted by Gasteiger charge is 2.49. The van der Waals surface area contributed by atoms with Gasteiger partial charge in [0.15, 0.2) is 0 Å². The maximum Gasteiger partial charge on any atom is 0.252 e. The first-order valence-electron chi connectivity index (χ1n) is 11.4. The fraction of sp³-hybridized carbons (Fsp3) is 0.423. The number of anilines is 1. The van der Waals surface area contributed by atoms with Crippen molar-refractivity contribution in [1.29, 1.82) is 0 Å². The van der Waals surface area contributed by atoms with E-state index in [1.807, 2.05) is 29.8 Å². The van der Waals surface area contributed by atoms with Crippen molar-refractivity contribution < 1.29 is 4.39 Å². The van der Waals surface area contributed by atoms with Crippen LogP contribution < -0.4 is 16.2 Å². The van der Waals surface area contributed by atoms with Crippen molar-refractivity contribution in [3.8, 4) is 12.3 Å². The van der Waals surface area contributed by atoms with Crippen LogP contribution in [0.2, 0.25) is 0 Å². The van der Waals surface area contributed by atoms with Crippen molar-refractivity contribution in [3.05, 3.63) is 63.3 Å². The number of pyridine rings is 1. The minimum atomic E-state index is -1.09. The summed E-state index contributed by atoms with van der Waals surface area (Å²) in [7, 11) is 0. The number of halogens is 1. The Balaban J connectivity index is 1.53. The molecule has 1 spiro atoms. The standard InChI is InChI=1S/C26H28FN5O/c1-5-22(20-8-6-7-19(15(20)2)16(3)27)31-25-21-12-32(18-10-26(11-18)13-28-14-26)24(33)9-23(21)29-17(4)30-25/h1,6-9,12,16,18,22,28H,10-11,13-14H2,2-4H3,(H,29,30,31). The lowest BCUT2D eigenvalue weighted by Gasteiger charge is -2.54. The normalized spacial score (nSPS) is 18.9. The van der Waals surface area contributed by atoms with E-state index in [9.17, 15) is 9.18 Å². The van der Waals surface area contributed by atoms with E-state index < -0.39 is 12.2 Å². The average molecular weight is 446 g/mol. The average Bonchev–Trinajstić information content (AvgIpc) is 2.70. The smallest absolute Gasteiger partial charge is 0.252 e. The van der Waals surface area contributed by atoms with Gasteiger partial charge < -0.3 is 15.2 Å². The van der Waals surface area contributed by atoms with Gasteiger partial charge in [-0.05, 0) is 55.7 Å². The molecule has 6 nitrogen and oxygen atoms in total. The molecule has 2 fully saturated rings. The summed E-state index contributed by atoms with van der Waals surface area (Å²) >= 11 is 0. The van der Waals surface area contributed by atoms with Gasteiger partial charge in [-0.25, -0.2) is 14.4 Å². The second-order valence-electron chi connectivity index (χ2n) is 9.52. The van der Waals surface area contributed by atoms with E-state index in [4.69, 9.17) is 6.42 Å². The SMILES string of the molecule is C#CC(Nc1nc(C)nc2cc(=O)n(C3CC4(CNC4)C3)cc12)c1cccc(C(C)F)c1C. The summed E-state index contributed by atoms with van der Waals surface area (Å²) in [5.41, 5.74) is 3.17. The van der Waals surface area contributed by atoms with Crippen LogP contribution in [-0.2, 0) is 0 Å². The van der Waals surface area contributed by atoms with E-state index in [0.29, 0.717) is 28.1 Å². The van der Waals surface area contributed by atoms with E-state index in [-0.39, 0.29) is 11.6 Å². The van der Waals surface area contributed by atoms with Gasteiger partial charge in [-0.15, -0.1) is 6.42 Å². The van der Waals surface area contributed by atoms with E-state index in [1.165, 1.54) is 6.92 Å². The quantitative estimate of drug-likeness (QED) is 0.578. The van der Waals surface area contributed by atoms with Crippen LogP contribution in [-0.4, -0.2) is 27.6 Å². The van der Waals surface area contributed by atoms with Crippen molar-refractivity contribution in [3.63, 3.8) is 0 Å². The molecule has 7 heteroatoms. The van der Waals surface area contributed by atoms with Crippen molar-refractivity contribution >= 4 is 16.7 Å². The van der Waals surface area contributed by atoms with Crippen molar-refractivity contribution in [1.82, 2.24) is 19.9 Å². The van der Waals surface area contributed by atoms with Gasteiger partial charge in [0.25, 0.3) is 5.56 Å². The Kier molecular flexibility index (Phi) is 5.21. The number of aromatic nitrogens is 3. The van der Waals surface area contributed by atoms with Gasteiger partial charge in [0.05, 0.1) is 10.9 Å². The summed E-state index contributed by atoms with van der Waals surface area (Å²) in [4.78, 5) is 21.9.